The first-order chi connectivity index (χ1) is 21.8. The second kappa shape index (κ2) is 18.4. The highest BCUT2D eigenvalue weighted by Gasteiger charge is 2.26. The zero-order chi connectivity index (χ0) is 34.2. The number of carboxylic acids is 2. The molecule has 0 fully saturated rings. The maximum Gasteiger partial charge on any atom is 0.375 e. The Kier molecular flexibility index (Phi) is 14.8. The van der Waals surface area contributed by atoms with Crippen molar-refractivity contribution in [2.75, 3.05) is 24.7 Å². The number of aromatic hydroxyl groups is 2. The van der Waals surface area contributed by atoms with Crippen LogP contribution in [0.2, 0.25) is 0 Å². The molecule has 2 rings (SSSR count). The summed E-state index contributed by atoms with van der Waals surface area (Å²) in [7, 11) is 0. The minimum Gasteiger partial charge on any atom is -0.504 e. The minimum atomic E-state index is -1.48. The smallest absolute Gasteiger partial charge is 0.375 e. The van der Waals surface area contributed by atoms with Gasteiger partial charge in [0, 0.05) is 17.7 Å². The van der Waals surface area contributed by atoms with Gasteiger partial charge >= 0.3 is 17.9 Å². The van der Waals surface area contributed by atoms with E-state index in [0.717, 1.165) is 11.8 Å². The first-order valence-corrected chi connectivity index (χ1v) is 14.9. The van der Waals surface area contributed by atoms with Gasteiger partial charge in [0.25, 0.3) is 5.91 Å². The number of phenols is 2. The Morgan fingerprint density at radius 1 is 0.870 bits per heavy atom. The average Bonchev–Trinajstić information content (AvgIpc) is 3.01. The number of ketones is 1. The molecule has 0 spiro atoms. The normalized spacial score (nSPS) is 12.0. The SMILES string of the molecule is CCOC(=O)C(=O)CSCC(NC(=O)CCC(NC(=O)c1ccc(C=Cc2ccc(O)c(O)c2)cc1)C(=O)O)C(=O)NCC(=O)O. The van der Waals surface area contributed by atoms with Crippen LogP contribution in [0, 0.1) is 0 Å². The fourth-order valence-corrected chi connectivity index (χ4v) is 4.52. The standard InChI is InChI=1S/C30H33N3O12S/c1-2-45-30(44)24(36)16-46-15-21(28(41)31-14-26(38)39)32-25(37)12-10-20(29(42)43)33-27(40)19-8-5-17(6-9-19)3-4-18-7-11-22(34)23(35)13-18/h3-9,11,13,20-21,34-35H,2,10,12,14-16H2,1H3,(H,31,41)(H,32,37)(H,33,40)(H,38,39)(H,42,43). The third kappa shape index (κ3) is 12.7. The predicted molar refractivity (Wildman–Crippen MR) is 165 cm³/mol. The number of amides is 3. The first kappa shape index (κ1) is 36.8. The van der Waals surface area contributed by atoms with Crippen molar-refractivity contribution in [3.8, 4) is 11.5 Å². The van der Waals surface area contributed by atoms with Crippen LogP contribution in [-0.2, 0) is 33.5 Å². The minimum absolute atomic E-state index is 0.0104. The highest BCUT2D eigenvalue weighted by Crippen LogP contribution is 2.25. The summed E-state index contributed by atoms with van der Waals surface area (Å²) in [6, 6.07) is 7.60. The average molecular weight is 660 g/mol. The van der Waals surface area contributed by atoms with Gasteiger partial charge in [-0.25, -0.2) is 9.59 Å². The van der Waals surface area contributed by atoms with E-state index in [1.54, 1.807) is 30.4 Å². The molecule has 16 heteroatoms. The number of aliphatic carboxylic acids is 2. The Morgan fingerprint density at radius 3 is 2.13 bits per heavy atom. The molecule has 46 heavy (non-hydrogen) atoms. The van der Waals surface area contributed by atoms with Crippen LogP contribution in [0.3, 0.4) is 0 Å². The second-order valence-corrected chi connectivity index (χ2v) is 10.5. The van der Waals surface area contributed by atoms with E-state index in [4.69, 9.17) is 5.11 Å². The molecule has 15 nitrogen and oxygen atoms in total. The Morgan fingerprint density at radius 2 is 1.52 bits per heavy atom. The summed E-state index contributed by atoms with van der Waals surface area (Å²) in [6.45, 7) is 0.762. The van der Waals surface area contributed by atoms with Gasteiger partial charge in [0.15, 0.2) is 11.5 Å². The number of thioether (sulfide) groups is 1. The Hall–Kier alpha value is -5.38. The summed E-state index contributed by atoms with van der Waals surface area (Å²) in [5.41, 5.74) is 1.43. The Balaban J connectivity index is 1.96. The van der Waals surface area contributed by atoms with Gasteiger partial charge in [0.1, 0.15) is 18.6 Å². The molecule has 246 valence electrons. The van der Waals surface area contributed by atoms with Gasteiger partial charge in [0.05, 0.1) is 12.4 Å². The van der Waals surface area contributed by atoms with Gasteiger partial charge < -0.3 is 41.1 Å². The molecular formula is C30H33N3O12S. The highest BCUT2D eigenvalue weighted by molar-refractivity contribution is 8.00. The van der Waals surface area contributed by atoms with Crippen LogP contribution in [0.4, 0.5) is 0 Å². The maximum atomic E-state index is 12.7. The second-order valence-electron chi connectivity index (χ2n) is 9.50. The first-order valence-electron chi connectivity index (χ1n) is 13.7. The maximum absolute atomic E-state index is 12.7. The number of nitrogens with one attached hydrogen (secondary N) is 3. The number of hydrogen-bond donors (Lipinski definition) is 7. The molecule has 0 heterocycles. The number of Topliss-reactive ketones (excluding diaryl/α,β-unsaturated/α-hetero) is 1. The van der Waals surface area contributed by atoms with Crippen molar-refractivity contribution in [1.29, 1.82) is 0 Å². The topological polar surface area (TPSA) is 246 Å². The van der Waals surface area contributed by atoms with E-state index in [9.17, 15) is 48.9 Å². The van der Waals surface area contributed by atoms with Crippen LogP contribution >= 0.6 is 11.8 Å². The molecule has 7 N–H and O–H groups in total. The van der Waals surface area contributed by atoms with Crippen LogP contribution in [0.1, 0.15) is 41.3 Å². The van der Waals surface area contributed by atoms with E-state index >= 15 is 0 Å². The quantitative estimate of drug-likeness (QED) is 0.0507. The highest BCUT2D eigenvalue weighted by atomic mass is 32.2. The molecule has 3 amide bonds. The molecule has 0 bridgehead atoms. The number of carbonyl (C=O) groups excluding carboxylic acids is 5. The summed E-state index contributed by atoms with van der Waals surface area (Å²) < 4.78 is 4.59. The molecule has 0 aliphatic carbocycles. The van der Waals surface area contributed by atoms with E-state index in [0.29, 0.717) is 11.1 Å². The zero-order valence-electron chi connectivity index (χ0n) is 24.6. The monoisotopic (exact) mass is 659 g/mol. The van der Waals surface area contributed by atoms with Gasteiger partial charge in [-0.2, -0.15) is 11.8 Å². The lowest BCUT2D eigenvalue weighted by molar-refractivity contribution is -0.152. The number of phenolic OH excluding ortho intramolecular Hbond substituents is 2. The number of hydrogen-bond acceptors (Lipinski definition) is 11. The van der Waals surface area contributed by atoms with Gasteiger partial charge in [-0.05, 0) is 48.7 Å². The van der Waals surface area contributed by atoms with E-state index in [1.807, 2.05) is 0 Å². The Labute approximate surface area is 267 Å². The third-order valence-electron chi connectivity index (χ3n) is 5.99. The van der Waals surface area contributed by atoms with Gasteiger partial charge in [-0.3, -0.25) is 24.0 Å². The molecule has 2 atom stereocenters. The zero-order valence-corrected chi connectivity index (χ0v) is 25.4. The van der Waals surface area contributed by atoms with Crippen molar-refractivity contribution in [1.82, 2.24) is 16.0 Å². The summed E-state index contributed by atoms with van der Waals surface area (Å²) in [4.78, 5) is 83.7. The van der Waals surface area contributed by atoms with Gasteiger partial charge in [-0.15, -0.1) is 0 Å². The van der Waals surface area contributed by atoms with E-state index in [1.165, 1.54) is 31.2 Å². The molecule has 0 radical (unpaired) electrons. The van der Waals surface area contributed by atoms with Crippen LogP contribution < -0.4 is 16.0 Å². The molecule has 0 saturated carbocycles. The number of esters is 1. The fraction of sp³-hybridized carbons (Fsp3) is 0.300. The lowest BCUT2D eigenvalue weighted by atomic mass is 10.1. The van der Waals surface area contributed by atoms with Crippen molar-refractivity contribution >= 4 is 65.3 Å². The van der Waals surface area contributed by atoms with Crippen LogP contribution in [0.15, 0.2) is 42.5 Å². The number of rotatable bonds is 18. The van der Waals surface area contributed by atoms with Crippen LogP contribution in [0.5, 0.6) is 11.5 Å². The molecule has 2 aromatic rings. The summed E-state index contributed by atoms with van der Waals surface area (Å²) in [5.74, 6) is -8.20. The lowest BCUT2D eigenvalue weighted by Gasteiger charge is -2.19. The van der Waals surface area contributed by atoms with Crippen molar-refractivity contribution in [3.63, 3.8) is 0 Å². The predicted octanol–water partition coefficient (Wildman–Crippen LogP) is 0.782. The van der Waals surface area contributed by atoms with E-state index < -0.39 is 66.5 Å². The molecular weight excluding hydrogens is 626 g/mol. The van der Waals surface area contributed by atoms with Gasteiger partial charge in [-0.1, -0.05) is 30.4 Å². The summed E-state index contributed by atoms with van der Waals surface area (Å²) in [5, 5.41) is 44.2. The molecule has 0 aromatic heterocycles. The fourth-order valence-electron chi connectivity index (χ4n) is 3.63. The number of carbonyl (C=O) groups is 7. The van der Waals surface area contributed by atoms with E-state index in [-0.39, 0.29) is 41.6 Å². The van der Waals surface area contributed by atoms with Crippen molar-refractivity contribution < 1.29 is 58.7 Å². The number of carboxylic acid groups (broad SMARTS) is 2. The largest absolute Gasteiger partial charge is 0.504 e. The van der Waals surface area contributed by atoms with Gasteiger partial charge in [0.2, 0.25) is 17.6 Å². The Bertz CT molecular complexity index is 1480. The van der Waals surface area contributed by atoms with Crippen molar-refractivity contribution in [3.05, 3.63) is 59.2 Å². The van der Waals surface area contributed by atoms with Crippen molar-refractivity contribution in [2.45, 2.75) is 31.8 Å². The molecule has 2 aromatic carbocycles. The summed E-state index contributed by atoms with van der Waals surface area (Å²) >= 11 is 0.819. The molecule has 0 aliphatic heterocycles. The van der Waals surface area contributed by atoms with Crippen molar-refractivity contribution in [2.24, 2.45) is 0 Å². The molecule has 0 aliphatic rings. The van der Waals surface area contributed by atoms with Crippen LogP contribution in [-0.4, -0.2) is 98.6 Å². The summed E-state index contributed by atoms with van der Waals surface area (Å²) in [6.07, 6.45) is 2.56. The third-order valence-corrected chi connectivity index (χ3v) is 7.03. The number of ether oxygens (including phenoxy) is 1. The molecule has 0 saturated heterocycles. The van der Waals surface area contributed by atoms with Crippen LogP contribution in [0.25, 0.3) is 12.2 Å². The molecule has 2 unspecified atom stereocenters. The van der Waals surface area contributed by atoms with E-state index in [2.05, 4.69) is 20.7 Å². The lowest BCUT2D eigenvalue weighted by Crippen LogP contribution is -2.50. The number of benzene rings is 2.